The number of benzene rings is 3. The molecule has 4 amide bonds. The molecule has 0 aromatic heterocycles. The summed E-state index contributed by atoms with van der Waals surface area (Å²) >= 11 is 6.15. The van der Waals surface area contributed by atoms with Crippen LogP contribution in [-0.2, 0) is 22.6 Å². The van der Waals surface area contributed by atoms with Crippen LogP contribution in [0.5, 0.6) is 5.75 Å². The molecule has 1 aliphatic rings. The van der Waals surface area contributed by atoms with Crippen LogP contribution >= 0.6 is 11.6 Å². The lowest BCUT2D eigenvalue weighted by atomic mass is 10.0. The first-order chi connectivity index (χ1) is 16.4. The maximum absolute atomic E-state index is 13.3. The second-order valence-corrected chi connectivity index (χ2v) is 7.97. The third kappa shape index (κ3) is 4.84. The van der Waals surface area contributed by atoms with Crippen molar-refractivity contribution in [2.24, 2.45) is 0 Å². The molecule has 1 N–H and O–H groups in total. The van der Waals surface area contributed by atoms with Gasteiger partial charge in [-0.2, -0.15) is 0 Å². The van der Waals surface area contributed by atoms with Crippen LogP contribution in [0.2, 0.25) is 5.02 Å². The average molecular weight is 479 g/mol. The number of rotatable bonds is 6. The Kier molecular flexibility index (Phi) is 6.75. The minimum Gasteiger partial charge on any atom is -0.488 e. The minimum absolute atomic E-state index is 0.132. The Balaban J connectivity index is 1.68. The van der Waals surface area contributed by atoms with E-state index >= 15 is 0 Å². The number of imide groups is 2. The fourth-order valence-electron chi connectivity index (χ4n) is 3.56. The number of carbonyl (C=O) groups excluding carboxylic acids is 3. The highest BCUT2D eigenvalue weighted by atomic mass is 35.5. The summed E-state index contributed by atoms with van der Waals surface area (Å²) in [7, 11) is 0. The molecular formula is C26H20ClFN2O4. The number of halogens is 2. The van der Waals surface area contributed by atoms with E-state index in [4.69, 9.17) is 16.3 Å². The smallest absolute Gasteiger partial charge is 0.335 e. The van der Waals surface area contributed by atoms with Gasteiger partial charge in [-0.05, 0) is 60.0 Å². The number of barbiturate groups is 1. The zero-order valence-electron chi connectivity index (χ0n) is 18.2. The van der Waals surface area contributed by atoms with Crippen molar-refractivity contribution in [3.63, 3.8) is 0 Å². The highest BCUT2D eigenvalue weighted by Crippen LogP contribution is 2.29. The Labute approximate surface area is 200 Å². The summed E-state index contributed by atoms with van der Waals surface area (Å²) in [5.74, 6) is -1.56. The van der Waals surface area contributed by atoms with Crippen LogP contribution in [0.1, 0.15) is 23.6 Å². The van der Waals surface area contributed by atoms with Gasteiger partial charge in [0.1, 0.15) is 23.7 Å². The second kappa shape index (κ2) is 9.89. The van der Waals surface area contributed by atoms with Gasteiger partial charge in [-0.15, -0.1) is 0 Å². The summed E-state index contributed by atoms with van der Waals surface area (Å²) in [6, 6.07) is 16.8. The number of nitrogens with one attached hydrogen (secondary N) is 1. The maximum Gasteiger partial charge on any atom is 0.335 e. The summed E-state index contributed by atoms with van der Waals surface area (Å²) < 4.78 is 19.0. The third-order valence-electron chi connectivity index (χ3n) is 5.29. The topological polar surface area (TPSA) is 75.7 Å². The van der Waals surface area contributed by atoms with E-state index in [1.165, 1.54) is 18.2 Å². The van der Waals surface area contributed by atoms with E-state index < -0.39 is 17.8 Å². The Morgan fingerprint density at radius 2 is 1.76 bits per heavy atom. The number of hydrogen-bond acceptors (Lipinski definition) is 4. The van der Waals surface area contributed by atoms with Crippen LogP contribution in [0.25, 0.3) is 6.08 Å². The molecule has 1 heterocycles. The first-order valence-electron chi connectivity index (χ1n) is 10.5. The zero-order valence-corrected chi connectivity index (χ0v) is 18.9. The number of aryl methyl sites for hydroxylation is 1. The molecule has 1 aliphatic heterocycles. The molecule has 3 aromatic carbocycles. The predicted octanol–water partition coefficient (Wildman–Crippen LogP) is 5.29. The molecule has 3 aromatic rings. The van der Waals surface area contributed by atoms with Crippen molar-refractivity contribution in [2.45, 2.75) is 20.0 Å². The van der Waals surface area contributed by atoms with Gasteiger partial charge in [0, 0.05) is 10.6 Å². The van der Waals surface area contributed by atoms with E-state index in [2.05, 4.69) is 5.32 Å². The molecule has 8 heteroatoms. The van der Waals surface area contributed by atoms with Crippen molar-refractivity contribution < 1.29 is 23.5 Å². The normalized spacial score (nSPS) is 15.0. The van der Waals surface area contributed by atoms with Crippen LogP contribution in [0.4, 0.5) is 14.9 Å². The first-order valence-corrected chi connectivity index (χ1v) is 10.9. The van der Waals surface area contributed by atoms with Crippen LogP contribution in [-0.4, -0.2) is 17.8 Å². The molecule has 0 spiro atoms. The van der Waals surface area contributed by atoms with Gasteiger partial charge >= 0.3 is 6.03 Å². The van der Waals surface area contributed by atoms with Gasteiger partial charge in [0.15, 0.2) is 0 Å². The fraction of sp³-hybridized carbons (Fsp3) is 0.115. The molecule has 4 rings (SSSR count). The molecule has 0 bridgehead atoms. The molecule has 1 fully saturated rings. The number of amides is 4. The average Bonchev–Trinajstić information content (AvgIpc) is 2.82. The SMILES string of the molecule is CCc1ccccc1N1C(=O)NC(=O)/C(=C/c2cc(Cl)ccc2OCc2ccc(F)cc2)C1=O. The lowest BCUT2D eigenvalue weighted by Gasteiger charge is -2.28. The molecule has 0 atom stereocenters. The molecule has 0 saturated carbocycles. The number of anilines is 1. The van der Waals surface area contributed by atoms with Gasteiger partial charge in [-0.3, -0.25) is 14.9 Å². The van der Waals surface area contributed by atoms with Gasteiger partial charge in [-0.1, -0.05) is 48.9 Å². The molecule has 0 aliphatic carbocycles. The van der Waals surface area contributed by atoms with E-state index in [0.717, 1.165) is 16.0 Å². The van der Waals surface area contributed by atoms with Gasteiger partial charge < -0.3 is 4.74 Å². The predicted molar refractivity (Wildman–Crippen MR) is 127 cm³/mol. The summed E-state index contributed by atoms with van der Waals surface area (Å²) in [6.45, 7) is 2.04. The molecule has 172 valence electrons. The summed E-state index contributed by atoms with van der Waals surface area (Å²) in [6.07, 6.45) is 1.94. The summed E-state index contributed by atoms with van der Waals surface area (Å²) in [5, 5.41) is 2.60. The van der Waals surface area contributed by atoms with Gasteiger partial charge in [0.25, 0.3) is 11.8 Å². The highest BCUT2D eigenvalue weighted by molar-refractivity contribution is 6.39. The van der Waals surface area contributed by atoms with Crippen LogP contribution in [0, 0.1) is 5.82 Å². The molecule has 1 saturated heterocycles. The summed E-state index contributed by atoms with van der Waals surface area (Å²) in [5.41, 5.74) is 2.07. The van der Waals surface area contributed by atoms with E-state index in [1.807, 2.05) is 19.1 Å². The first kappa shape index (κ1) is 23.2. The van der Waals surface area contributed by atoms with Crippen molar-refractivity contribution in [1.29, 1.82) is 0 Å². The lowest BCUT2D eigenvalue weighted by Crippen LogP contribution is -2.54. The van der Waals surface area contributed by atoms with E-state index in [0.29, 0.717) is 28.4 Å². The molecule has 0 radical (unpaired) electrons. The molecule has 6 nitrogen and oxygen atoms in total. The Morgan fingerprint density at radius 3 is 2.50 bits per heavy atom. The summed E-state index contributed by atoms with van der Waals surface area (Å²) in [4.78, 5) is 39.4. The van der Waals surface area contributed by atoms with E-state index in [1.54, 1.807) is 42.5 Å². The molecule has 0 unspecified atom stereocenters. The number of carbonyl (C=O) groups is 3. The van der Waals surface area contributed by atoms with E-state index in [-0.39, 0.29) is 18.0 Å². The number of nitrogens with zero attached hydrogens (tertiary/aromatic N) is 1. The highest BCUT2D eigenvalue weighted by Gasteiger charge is 2.37. The third-order valence-corrected chi connectivity index (χ3v) is 5.53. The number of para-hydroxylation sites is 1. The van der Waals surface area contributed by atoms with Gasteiger partial charge in [-0.25, -0.2) is 14.1 Å². The molecular weight excluding hydrogens is 459 g/mol. The molecule has 34 heavy (non-hydrogen) atoms. The zero-order chi connectivity index (χ0) is 24.2. The van der Waals surface area contributed by atoms with Crippen LogP contribution < -0.4 is 15.0 Å². The van der Waals surface area contributed by atoms with Crippen LogP contribution in [0.3, 0.4) is 0 Å². The number of urea groups is 1. The largest absolute Gasteiger partial charge is 0.488 e. The minimum atomic E-state index is -0.815. The van der Waals surface area contributed by atoms with Crippen molar-refractivity contribution in [3.8, 4) is 5.75 Å². The van der Waals surface area contributed by atoms with Crippen LogP contribution in [0.15, 0.2) is 72.3 Å². The van der Waals surface area contributed by atoms with Crippen molar-refractivity contribution in [1.82, 2.24) is 5.32 Å². The Bertz CT molecular complexity index is 1300. The van der Waals surface area contributed by atoms with Crippen molar-refractivity contribution >= 4 is 41.2 Å². The lowest BCUT2D eigenvalue weighted by molar-refractivity contribution is -0.122. The van der Waals surface area contributed by atoms with Gasteiger partial charge in [0.2, 0.25) is 0 Å². The monoisotopic (exact) mass is 478 g/mol. The maximum atomic E-state index is 13.3. The van der Waals surface area contributed by atoms with E-state index in [9.17, 15) is 18.8 Å². The second-order valence-electron chi connectivity index (χ2n) is 7.54. The quantitative estimate of drug-likeness (QED) is 0.386. The van der Waals surface area contributed by atoms with Crippen molar-refractivity contribution in [2.75, 3.05) is 4.90 Å². The number of hydrogen-bond donors (Lipinski definition) is 1. The fourth-order valence-corrected chi connectivity index (χ4v) is 3.75. The number of ether oxygens (including phenoxy) is 1. The Hall–Kier alpha value is -3.97. The Morgan fingerprint density at radius 1 is 1.03 bits per heavy atom. The standard InChI is InChI=1S/C26H20ClFN2O4/c1-2-17-5-3-4-6-22(17)30-25(32)21(24(31)29-26(30)33)14-18-13-19(27)9-12-23(18)34-15-16-7-10-20(28)11-8-16/h3-14H,2,15H2,1H3,(H,29,31,33)/b21-14-. The van der Waals surface area contributed by atoms with Crippen molar-refractivity contribution in [3.05, 3.63) is 99.8 Å². The van der Waals surface area contributed by atoms with Gasteiger partial charge in [0.05, 0.1) is 5.69 Å².